The zero-order valence-electron chi connectivity index (χ0n) is 16.2. The third kappa shape index (κ3) is 3.24. The van der Waals surface area contributed by atoms with Crippen LogP contribution < -0.4 is 5.43 Å². The molecule has 1 heterocycles. The Kier molecular flexibility index (Phi) is 5.02. The van der Waals surface area contributed by atoms with Gasteiger partial charge in [0.25, 0.3) is 0 Å². The number of methoxy groups -OCH3 is 2. The van der Waals surface area contributed by atoms with Crippen molar-refractivity contribution >= 4 is 31.5 Å². The lowest BCUT2D eigenvalue weighted by Gasteiger charge is -2.31. The van der Waals surface area contributed by atoms with E-state index in [1.807, 2.05) is 61.5 Å². The summed E-state index contributed by atoms with van der Waals surface area (Å²) in [6, 6.07) is 22.0. The highest BCUT2D eigenvalue weighted by atomic mass is 32.1. The summed E-state index contributed by atoms with van der Waals surface area (Å²) >= 11 is 1.62. The molecule has 1 aromatic heterocycles. The average Bonchev–Trinajstić information content (AvgIpc) is 2.73. The van der Waals surface area contributed by atoms with Crippen LogP contribution in [0.2, 0.25) is 0 Å². The van der Waals surface area contributed by atoms with E-state index in [1.54, 1.807) is 25.6 Å². The minimum absolute atomic E-state index is 0.0718. The Bertz CT molecular complexity index is 1190. The van der Waals surface area contributed by atoms with Crippen LogP contribution in [0.25, 0.3) is 20.2 Å². The van der Waals surface area contributed by atoms with Gasteiger partial charge in [0.1, 0.15) is 0 Å². The van der Waals surface area contributed by atoms with E-state index in [2.05, 4.69) is 12.1 Å². The van der Waals surface area contributed by atoms with Gasteiger partial charge in [0.05, 0.1) is 0 Å². The number of rotatable bonds is 5. The number of ether oxygens (including phenoxy) is 2. The van der Waals surface area contributed by atoms with Crippen LogP contribution in [-0.4, -0.2) is 14.2 Å². The highest BCUT2D eigenvalue weighted by Crippen LogP contribution is 2.34. The van der Waals surface area contributed by atoms with Crippen molar-refractivity contribution < 1.29 is 9.47 Å². The molecule has 3 aromatic carbocycles. The third-order valence-electron chi connectivity index (χ3n) is 5.20. The van der Waals surface area contributed by atoms with Gasteiger partial charge in [0.15, 0.2) is 11.2 Å². The zero-order chi connectivity index (χ0) is 19.7. The summed E-state index contributed by atoms with van der Waals surface area (Å²) in [5.74, 6) is -0.909. The van der Waals surface area contributed by atoms with Gasteiger partial charge in [-0.05, 0) is 36.8 Å². The van der Waals surface area contributed by atoms with Gasteiger partial charge < -0.3 is 9.47 Å². The van der Waals surface area contributed by atoms with E-state index < -0.39 is 5.79 Å². The summed E-state index contributed by atoms with van der Waals surface area (Å²) in [6.45, 7) is 2.01. The van der Waals surface area contributed by atoms with E-state index in [0.29, 0.717) is 6.42 Å². The fourth-order valence-corrected chi connectivity index (χ4v) is 4.73. The lowest BCUT2D eigenvalue weighted by Crippen LogP contribution is -2.33. The highest BCUT2D eigenvalue weighted by Gasteiger charge is 2.33. The Morgan fingerprint density at radius 3 is 2.32 bits per heavy atom. The molecule has 0 amide bonds. The van der Waals surface area contributed by atoms with Crippen molar-refractivity contribution in [2.24, 2.45) is 0 Å². The molecular formula is C24H22O3S. The highest BCUT2D eigenvalue weighted by molar-refractivity contribution is 7.24. The van der Waals surface area contributed by atoms with E-state index in [0.717, 1.165) is 36.9 Å². The van der Waals surface area contributed by atoms with E-state index in [-0.39, 0.29) is 5.43 Å². The largest absolute Gasteiger partial charge is 0.349 e. The number of hydrogen-bond acceptors (Lipinski definition) is 4. The van der Waals surface area contributed by atoms with Crippen molar-refractivity contribution in [3.8, 4) is 0 Å². The van der Waals surface area contributed by atoms with Crippen LogP contribution in [0.5, 0.6) is 0 Å². The van der Waals surface area contributed by atoms with Crippen molar-refractivity contribution in [1.82, 2.24) is 0 Å². The van der Waals surface area contributed by atoms with Crippen molar-refractivity contribution in [2.45, 2.75) is 19.1 Å². The van der Waals surface area contributed by atoms with Crippen LogP contribution >= 0.6 is 11.3 Å². The normalized spacial score (nSPS) is 12.0. The summed E-state index contributed by atoms with van der Waals surface area (Å²) in [7, 11) is 3.31. The standard InChI is InChI=1S/C24H22O3S/c1-16-9-12-21-20(13-16)23(25)19-11-10-18(14-22(19)28-21)24(26-2,27-3)15-17-7-5-4-6-8-17/h4-14H,15H2,1-3H3. The third-order valence-corrected chi connectivity index (χ3v) is 6.34. The van der Waals surface area contributed by atoms with Crippen LogP contribution in [0.1, 0.15) is 16.7 Å². The van der Waals surface area contributed by atoms with Crippen LogP contribution in [0, 0.1) is 6.92 Å². The first-order valence-electron chi connectivity index (χ1n) is 9.18. The number of fused-ring (bicyclic) bond motifs is 2. The maximum absolute atomic E-state index is 13.0. The molecule has 3 nitrogen and oxygen atoms in total. The fourth-order valence-electron chi connectivity index (χ4n) is 3.64. The maximum Gasteiger partial charge on any atom is 0.198 e. The molecule has 0 aliphatic heterocycles. The molecule has 4 heteroatoms. The predicted octanol–water partition coefficient (Wildman–Crippen LogP) is 5.41. The Balaban J connectivity index is 1.88. The average molecular weight is 391 g/mol. The second-order valence-electron chi connectivity index (χ2n) is 6.97. The minimum atomic E-state index is -0.909. The molecule has 0 spiro atoms. The van der Waals surface area contributed by atoms with Gasteiger partial charge in [-0.2, -0.15) is 0 Å². The van der Waals surface area contributed by atoms with Crippen LogP contribution in [0.4, 0.5) is 0 Å². The smallest absolute Gasteiger partial charge is 0.198 e. The first-order chi connectivity index (χ1) is 13.6. The monoisotopic (exact) mass is 390 g/mol. The SMILES string of the molecule is COC(Cc1ccccc1)(OC)c1ccc2c(=O)c3cc(C)ccc3sc2c1. The van der Waals surface area contributed by atoms with Crippen molar-refractivity contribution in [1.29, 1.82) is 0 Å². The summed E-state index contributed by atoms with van der Waals surface area (Å²) in [4.78, 5) is 13.0. The van der Waals surface area contributed by atoms with E-state index in [9.17, 15) is 4.79 Å². The first-order valence-corrected chi connectivity index (χ1v) is 10.00. The van der Waals surface area contributed by atoms with Crippen molar-refractivity contribution in [3.63, 3.8) is 0 Å². The molecule has 0 saturated heterocycles. The minimum Gasteiger partial charge on any atom is -0.349 e. The second kappa shape index (κ2) is 7.47. The van der Waals surface area contributed by atoms with Gasteiger partial charge >= 0.3 is 0 Å². The summed E-state index contributed by atoms with van der Waals surface area (Å²) in [5, 5.41) is 1.51. The Morgan fingerprint density at radius 1 is 0.857 bits per heavy atom. The molecule has 0 aliphatic carbocycles. The number of hydrogen-bond donors (Lipinski definition) is 0. The summed E-state index contributed by atoms with van der Waals surface area (Å²) < 4.78 is 13.7. The van der Waals surface area contributed by atoms with Gasteiger partial charge in [0, 0.05) is 46.4 Å². The van der Waals surface area contributed by atoms with E-state index >= 15 is 0 Å². The lowest BCUT2D eigenvalue weighted by molar-refractivity contribution is -0.214. The molecule has 0 N–H and O–H groups in total. The summed E-state index contributed by atoms with van der Waals surface area (Å²) in [5.41, 5.74) is 3.18. The summed E-state index contributed by atoms with van der Waals surface area (Å²) in [6.07, 6.45) is 0.577. The fraction of sp³-hybridized carbons (Fsp3) is 0.208. The molecule has 4 aromatic rings. The second-order valence-corrected chi connectivity index (χ2v) is 8.05. The maximum atomic E-state index is 13.0. The molecule has 4 rings (SSSR count). The van der Waals surface area contributed by atoms with Gasteiger partial charge in [-0.25, -0.2) is 0 Å². The molecule has 28 heavy (non-hydrogen) atoms. The van der Waals surface area contributed by atoms with Gasteiger partial charge in [-0.3, -0.25) is 4.79 Å². The molecule has 142 valence electrons. The molecule has 0 saturated carbocycles. The van der Waals surface area contributed by atoms with Crippen LogP contribution in [0.15, 0.2) is 71.5 Å². The molecule has 0 bridgehead atoms. The van der Waals surface area contributed by atoms with Crippen LogP contribution in [-0.2, 0) is 21.7 Å². The topological polar surface area (TPSA) is 35.5 Å². The van der Waals surface area contributed by atoms with Gasteiger partial charge in [-0.15, -0.1) is 11.3 Å². The van der Waals surface area contributed by atoms with Crippen LogP contribution in [0.3, 0.4) is 0 Å². The Morgan fingerprint density at radius 2 is 1.61 bits per heavy atom. The molecule has 0 atom stereocenters. The van der Waals surface area contributed by atoms with Gasteiger partial charge in [0.2, 0.25) is 0 Å². The molecule has 0 fully saturated rings. The number of benzene rings is 3. The zero-order valence-corrected chi connectivity index (χ0v) is 17.0. The first kappa shape index (κ1) is 18.8. The molecule has 0 aliphatic rings. The molecule has 0 radical (unpaired) electrons. The van der Waals surface area contributed by atoms with E-state index in [1.165, 1.54) is 0 Å². The quantitative estimate of drug-likeness (QED) is 0.338. The lowest BCUT2D eigenvalue weighted by atomic mass is 9.96. The number of aryl methyl sites for hydroxylation is 1. The molecular weight excluding hydrogens is 368 g/mol. The van der Waals surface area contributed by atoms with Gasteiger partial charge in [-0.1, -0.05) is 48.0 Å². The Hall–Kier alpha value is -2.53. The Labute approximate surface area is 168 Å². The van der Waals surface area contributed by atoms with E-state index in [4.69, 9.17) is 9.47 Å². The van der Waals surface area contributed by atoms with Crippen molar-refractivity contribution in [3.05, 3.63) is 93.6 Å². The van der Waals surface area contributed by atoms with Crippen molar-refractivity contribution in [2.75, 3.05) is 14.2 Å². The molecule has 0 unspecified atom stereocenters. The predicted molar refractivity (Wildman–Crippen MR) is 116 cm³/mol.